The minimum absolute atomic E-state index is 0.516. The first-order valence-corrected chi connectivity index (χ1v) is 5.67. The van der Waals surface area contributed by atoms with Gasteiger partial charge in [-0.05, 0) is 24.3 Å². The molecule has 0 fully saturated rings. The second-order valence-corrected chi connectivity index (χ2v) is 3.86. The third kappa shape index (κ3) is 2.26. The fraction of sp³-hybridized carbons (Fsp3) is 0. The predicted molar refractivity (Wildman–Crippen MR) is 61.7 cm³/mol. The van der Waals surface area contributed by atoms with Crippen molar-refractivity contribution in [2.75, 3.05) is 4.31 Å². The van der Waals surface area contributed by atoms with Gasteiger partial charge < -0.3 is 4.55 Å². The predicted octanol–water partition coefficient (Wildman–Crippen LogP) is 2.01. The Bertz CT molecular complexity index is 436. The molecule has 0 N–H and O–H groups in total. The van der Waals surface area contributed by atoms with Gasteiger partial charge in [0, 0.05) is 6.20 Å². The van der Waals surface area contributed by atoms with Crippen molar-refractivity contribution in [1.82, 2.24) is 4.98 Å². The molecule has 2 rings (SSSR count). The van der Waals surface area contributed by atoms with Crippen LogP contribution in [0.2, 0.25) is 0 Å². The van der Waals surface area contributed by atoms with E-state index in [1.807, 2.05) is 6.07 Å². The van der Waals surface area contributed by atoms with Gasteiger partial charge in [0.05, 0.1) is 28.8 Å². The molecular weight excluding hydrogens is 224 g/mol. The van der Waals surface area contributed by atoms with E-state index in [1.54, 1.807) is 42.6 Å². The van der Waals surface area contributed by atoms with Crippen LogP contribution in [0.15, 0.2) is 54.9 Å². The lowest BCUT2D eigenvalue weighted by Crippen LogP contribution is -2.19. The van der Waals surface area contributed by atoms with E-state index >= 15 is 0 Å². The average molecular weight is 233 g/mol. The molecule has 4 nitrogen and oxygen atoms in total. The van der Waals surface area contributed by atoms with Crippen LogP contribution in [0.25, 0.3) is 0 Å². The number of pyridine rings is 1. The third-order valence-corrected chi connectivity index (χ3v) is 2.74. The van der Waals surface area contributed by atoms with Crippen LogP contribution in [-0.4, -0.2) is 13.7 Å². The molecule has 0 spiro atoms. The minimum Gasteiger partial charge on any atom is -0.755 e. The molecule has 0 bridgehead atoms. The Morgan fingerprint density at radius 1 is 1.06 bits per heavy atom. The molecule has 0 amide bonds. The number of benzene rings is 1. The van der Waals surface area contributed by atoms with E-state index in [0.717, 1.165) is 0 Å². The van der Waals surface area contributed by atoms with Gasteiger partial charge >= 0.3 is 0 Å². The first kappa shape index (κ1) is 10.8. The van der Waals surface area contributed by atoms with Crippen molar-refractivity contribution in [3.63, 3.8) is 0 Å². The third-order valence-electron chi connectivity index (χ3n) is 2.02. The number of nitrogens with zero attached hydrogens (tertiary/aromatic N) is 2. The standard InChI is InChI=1S/C11H10N2O2S/c14-16(15)13(10-5-2-1-3-6-10)11-7-4-8-12-9-11/h1-9H,(H,14,15)/p-1. The van der Waals surface area contributed by atoms with Crippen LogP contribution < -0.4 is 4.31 Å². The molecule has 1 atom stereocenters. The lowest BCUT2D eigenvalue weighted by molar-refractivity contribution is 0.537. The first-order valence-electron chi connectivity index (χ1n) is 4.63. The number of hydrogen-bond acceptors (Lipinski definition) is 3. The monoisotopic (exact) mass is 233 g/mol. The Morgan fingerprint density at radius 2 is 1.75 bits per heavy atom. The normalized spacial score (nSPS) is 12.1. The van der Waals surface area contributed by atoms with Crippen LogP contribution in [0.3, 0.4) is 0 Å². The lowest BCUT2D eigenvalue weighted by Gasteiger charge is -2.25. The minimum atomic E-state index is -2.36. The van der Waals surface area contributed by atoms with Crippen LogP contribution >= 0.6 is 0 Å². The number of para-hydroxylation sites is 1. The fourth-order valence-electron chi connectivity index (χ4n) is 1.36. The molecule has 0 saturated heterocycles. The van der Waals surface area contributed by atoms with Crippen molar-refractivity contribution in [2.24, 2.45) is 0 Å². The van der Waals surface area contributed by atoms with E-state index in [1.165, 1.54) is 10.5 Å². The molecule has 0 aliphatic rings. The maximum atomic E-state index is 11.2. The van der Waals surface area contributed by atoms with E-state index < -0.39 is 11.3 Å². The largest absolute Gasteiger partial charge is 0.755 e. The van der Waals surface area contributed by atoms with Gasteiger partial charge in [0.1, 0.15) is 0 Å². The molecule has 1 aromatic carbocycles. The summed E-state index contributed by atoms with van der Waals surface area (Å²) in [5, 5.41) is 0. The number of rotatable bonds is 3. The summed E-state index contributed by atoms with van der Waals surface area (Å²) in [7, 11) is 0. The van der Waals surface area contributed by atoms with E-state index in [2.05, 4.69) is 4.98 Å². The summed E-state index contributed by atoms with van der Waals surface area (Å²) in [5.41, 5.74) is 1.10. The maximum Gasteiger partial charge on any atom is 0.0721 e. The molecule has 5 heteroatoms. The molecule has 1 heterocycles. The summed E-state index contributed by atoms with van der Waals surface area (Å²) >= 11 is -2.36. The molecule has 0 radical (unpaired) electrons. The zero-order valence-corrected chi connectivity index (χ0v) is 9.13. The number of aromatic nitrogens is 1. The van der Waals surface area contributed by atoms with Crippen molar-refractivity contribution in [2.45, 2.75) is 0 Å². The number of anilines is 2. The summed E-state index contributed by atoms with van der Waals surface area (Å²) < 4.78 is 23.6. The van der Waals surface area contributed by atoms with Gasteiger partial charge in [-0.1, -0.05) is 18.2 Å². The van der Waals surface area contributed by atoms with Crippen molar-refractivity contribution in [3.05, 3.63) is 54.9 Å². The summed E-state index contributed by atoms with van der Waals surface area (Å²) in [6, 6.07) is 12.2. The van der Waals surface area contributed by atoms with Crippen molar-refractivity contribution in [3.8, 4) is 0 Å². The molecule has 0 aliphatic heterocycles. The first-order chi connectivity index (χ1) is 7.79. The number of hydrogen-bond donors (Lipinski definition) is 0. The van der Waals surface area contributed by atoms with Gasteiger partial charge in [-0.25, -0.2) is 0 Å². The highest BCUT2D eigenvalue weighted by atomic mass is 32.2. The molecule has 1 unspecified atom stereocenters. The highest BCUT2D eigenvalue weighted by Gasteiger charge is 2.08. The smallest absolute Gasteiger partial charge is 0.0721 e. The van der Waals surface area contributed by atoms with Gasteiger partial charge in [0.25, 0.3) is 0 Å². The molecule has 16 heavy (non-hydrogen) atoms. The van der Waals surface area contributed by atoms with Crippen molar-refractivity contribution < 1.29 is 8.76 Å². The van der Waals surface area contributed by atoms with Crippen LogP contribution in [0.5, 0.6) is 0 Å². The zero-order valence-electron chi connectivity index (χ0n) is 8.32. The van der Waals surface area contributed by atoms with Crippen LogP contribution in [0.4, 0.5) is 11.4 Å². The Labute approximate surface area is 96.0 Å². The fourth-order valence-corrected chi connectivity index (χ4v) is 1.93. The van der Waals surface area contributed by atoms with Crippen molar-refractivity contribution in [1.29, 1.82) is 0 Å². The van der Waals surface area contributed by atoms with Gasteiger partial charge in [0.15, 0.2) is 0 Å². The summed E-state index contributed by atoms with van der Waals surface area (Å²) in [6.07, 6.45) is 3.10. The van der Waals surface area contributed by atoms with Crippen LogP contribution in [0, 0.1) is 0 Å². The lowest BCUT2D eigenvalue weighted by atomic mass is 10.3. The van der Waals surface area contributed by atoms with Crippen LogP contribution in [-0.2, 0) is 11.3 Å². The van der Waals surface area contributed by atoms with Gasteiger partial charge in [-0.15, -0.1) is 0 Å². The molecule has 82 valence electrons. The second kappa shape index (κ2) is 4.87. The van der Waals surface area contributed by atoms with E-state index in [4.69, 9.17) is 0 Å². The van der Waals surface area contributed by atoms with Crippen LogP contribution in [0.1, 0.15) is 0 Å². The molecule has 1 aromatic heterocycles. The summed E-state index contributed by atoms with van der Waals surface area (Å²) in [6.45, 7) is 0. The highest BCUT2D eigenvalue weighted by Crippen LogP contribution is 2.24. The molecule has 2 aromatic rings. The SMILES string of the molecule is O=S([O-])N(c1ccccc1)c1cccnc1. The van der Waals surface area contributed by atoms with E-state index in [0.29, 0.717) is 11.4 Å². The Balaban J connectivity index is 2.44. The maximum absolute atomic E-state index is 11.2. The Kier molecular flexibility index (Phi) is 3.28. The second-order valence-electron chi connectivity index (χ2n) is 3.06. The van der Waals surface area contributed by atoms with Gasteiger partial charge in [0.2, 0.25) is 0 Å². The van der Waals surface area contributed by atoms with E-state index in [9.17, 15) is 8.76 Å². The Morgan fingerprint density at radius 3 is 2.31 bits per heavy atom. The summed E-state index contributed by atoms with van der Waals surface area (Å²) in [5.74, 6) is 0. The quantitative estimate of drug-likeness (QED) is 0.762. The average Bonchev–Trinajstić information content (AvgIpc) is 2.31. The summed E-state index contributed by atoms with van der Waals surface area (Å²) in [4.78, 5) is 3.90. The zero-order chi connectivity index (χ0) is 11.4. The molecule has 0 saturated carbocycles. The molecular formula is C11H9N2O2S-. The Hall–Kier alpha value is -1.72. The van der Waals surface area contributed by atoms with Gasteiger partial charge in [-0.3, -0.25) is 13.5 Å². The molecule has 0 aliphatic carbocycles. The van der Waals surface area contributed by atoms with E-state index in [-0.39, 0.29) is 0 Å². The van der Waals surface area contributed by atoms with Crippen molar-refractivity contribution >= 4 is 22.6 Å². The topological polar surface area (TPSA) is 56.3 Å². The van der Waals surface area contributed by atoms with Gasteiger partial charge in [-0.2, -0.15) is 0 Å². The highest BCUT2D eigenvalue weighted by molar-refractivity contribution is 7.81.